The molecule has 0 spiro atoms. The Morgan fingerprint density at radius 1 is 1.30 bits per heavy atom. The summed E-state index contributed by atoms with van der Waals surface area (Å²) in [7, 11) is 0. The Kier molecular flexibility index (Phi) is 5.07. The molecule has 1 aliphatic heterocycles. The van der Waals surface area contributed by atoms with Crippen LogP contribution in [0.1, 0.15) is 18.1 Å². The third-order valence-electron chi connectivity index (χ3n) is 3.56. The van der Waals surface area contributed by atoms with E-state index in [1.165, 1.54) is 6.07 Å². The predicted octanol–water partition coefficient (Wildman–Crippen LogP) is 1.20. The second-order valence-electron chi connectivity index (χ2n) is 5.34. The van der Waals surface area contributed by atoms with Crippen LogP contribution in [0.2, 0.25) is 0 Å². The number of halogens is 1. The molecule has 0 aromatic heterocycles. The zero-order chi connectivity index (χ0) is 14.5. The molecule has 4 nitrogen and oxygen atoms in total. The van der Waals surface area contributed by atoms with Crippen LogP contribution < -0.4 is 0 Å². The van der Waals surface area contributed by atoms with Gasteiger partial charge in [0.05, 0.1) is 17.7 Å². The van der Waals surface area contributed by atoms with E-state index in [0.717, 1.165) is 26.2 Å². The number of rotatable bonds is 4. The van der Waals surface area contributed by atoms with Crippen molar-refractivity contribution in [1.82, 2.24) is 9.80 Å². The van der Waals surface area contributed by atoms with Crippen molar-refractivity contribution < 1.29 is 9.50 Å². The average molecular weight is 277 g/mol. The number of nitriles is 1. The highest BCUT2D eigenvalue weighted by Crippen LogP contribution is 2.14. The minimum Gasteiger partial charge on any atom is -0.392 e. The highest BCUT2D eigenvalue weighted by atomic mass is 19.1. The first kappa shape index (κ1) is 14.9. The van der Waals surface area contributed by atoms with E-state index >= 15 is 0 Å². The quantitative estimate of drug-likeness (QED) is 0.898. The van der Waals surface area contributed by atoms with Crippen molar-refractivity contribution in [2.75, 3.05) is 32.7 Å². The van der Waals surface area contributed by atoms with E-state index in [-0.39, 0.29) is 11.9 Å². The zero-order valence-corrected chi connectivity index (χ0v) is 11.7. The molecule has 1 saturated heterocycles. The first-order chi connectivity index (χ1) is 9.58. The number of hydrogen-bond donors (Lipinski definition) is 1. The van der Waals surface area contributed by atoms with Crippen LogP contribution >= 0.6 is 0 Å². The standard InChI is InChI=1S/C15H20FN3O/c1-12(20)10-18-4-6-19(7-5-18)11-14-3-2-13(9-17)8-15(14)16/h2-3,8,12,20H,4-7,10-11H2,1H3/t12-/m0/s1. The normalized spacial score (nSPS) is 18.7. The van der Waals surface area contributed by atoms with E-state index in [0.29, 0.717) is 24.2 Å². The van der Waals surface area contributed by atoms with E-state index in [9.17, 15) is 9.50 Å². The monoisotopic (exact) mass is 277 g/mol. The lowest BCUT2D eigenvalue weighted by Crippen LogP contribution is -2.47. The molecule has 0 bridgehead atoms. The number of aliphatic hydroxyl groups excluding tert-OH is 1. The fourth-order valence-corrected chi connectivity index (χ4v) is 2.49. The third-order valence-corrected chi connectivity index (χ3v) is 3.56. The van der Waals surface area contributed by atoms with Crippen molar-refractivity contribution in [3.8, 4) is 6.07 Å². The lowest BCUT2D eigenvalue weighted by Gasteiger charge is -2.35. The van der Waals surface area contributed by atoms with E-state index in [4.69, 9.17) is 5.26 Å². The van der Waals surface area contributed by atoms with Crippen LogP contribution in [-0.4, -0.2) is 53.7 Å². The van der Waals surface area contributed by atoms with Gasteiger partial charge in [-0.3, -0.25) is 9.80 Å². The molecule has 1 aromatic rings. The van der Waals surface area contributed by atoms with Gasteiger partial charge in [0, 0.05) is 44.8 Å². The summed E-state index contributed by atoms with van der Waals surface area (Å²) in [5.41, 5.74) is 0.987. The first-order valence-electron chi connectivity index (χ1n) is 6.90. The van der Waals surface area contributed by atoms with Crippen LogP contribution in [0.15, 0.2) is 18.2 Å². The lowest BCUT2D eigenvalue weighted by atomic mass is 10.1. The summed E-state index contributed by atoms with van der Waals surface area (Å²) < 4.78 is 13.8. The Balaban J connectivity index is 1.88. The summed E-state index contributed by atoms with van der Waals surface area (Å²) in [6.45, 7) is 6.57. The van der Waals surface area contributed by atoms with Crippen molar-refractivity contribution in [2.45, 2.75) is 19.6 Å². The molecule has 0 amide bonds. The fourth-order valence-electron chi connectivity index (χ4n) is 2.49. The van der Waals surface area contributed by atoms with Gasteiger partial charge in [-0.25, -0.2) is 4.39 Å². The van der Waals surface area contributed by atoms with Crippen LogP contribution in [0, 0.1) is 17.1 Å². The van der Waals surface area contributed by atoms with Gasteiger partial charge in [0.1, 0.15) is 5.82 Å². The predicted molar refractivity (Wildman–Crippen MR) is 74.5 cm³/mol. The van der Waals surface area contributed by atoms with Crippen LogP contribution in [0.3, 0.4) is 0 Å². The maximum absolute atomic E-state index is 13.8. The van der Waals surface area contributed by atoms with Crippen LogP contribution in [-0.2, 0) is 6.54 Å². The van der Waals surface area contributed by atoms with E-state index in [2.05, 4.69) is 9.80 Å². The Morgan fingerprint density at radius 2 is 1.95 bits per heavy atom. The molecule has 5 heteroatoms. The first-order valence-corrected chi connectivity index (χ1v) is 6.90. The molecule has 0 saturated carbocycles. The summed E-state index contributed by atoms with van der Waals surface area (Å²) in [5, 5.41) is 18.1. The molecule has 1 aromatic carbocycles. The maximum atomic E-state index is 13.8. The van der Waals surface area contributed by atoms with Gasteiger partial charge in [-0.05, 0) is 19.1 Å². The van der Waals surface area contributed by atoms with Gasteiger partial charge in [0.2, 0.25) is 0 Å². The van der Waals surface area contributed by atoms with Gasteiger partial charge in [-0.2, -0.15) is 5.26 Å². The van der Waals surface area contributed by atoms with Gasteiger partial charge in [0.15, 0.2) is 0 Å². The second-order valence-corrected chi connectivity index (χ2v) is 5.34. The molecule has 1 fully saturated rings. The topological polar surface area (TPSA) is 50.5 Å². The highest BCUT2D eigenvalue weighted by Gasteiger charge is 2.18. The van der Waals surface area contributed by atoms with Gasteiger partial charge in [0.25, 0.3) is 0 Å². The summed E-state index contributed by atoms with van der Waals surface area (Å²) in [6.07, 6.45) is -0.308. The number of hydrogen-bond acceptors (Lipinski definition) is 4. The number of nitrogens with zero attached hydrogens (tertiary/aromatic N) is 3. The van der Waals surface area contributed by atoms with Gasteiger partial charge in [-0.1, -0.05) is 6.07 Å². The molecule has 0 unspecified atom stereocenters. The molecule has 2 rings (SSSR count). The molecule has 0 radical (unpaired) electrons. The Labute approximate surface area is 119 Å². The smallest absolute Gasteiger partial charge is 0.129 e. The van der Waals surface area contributed by atoms with Crippen molar-refractivity contribution in [3.63, 3.8) is 0 Å². The Bertz CT molecular complexity index is 490. The van der Waals surface area contributed by atoms with E-state index in [1.54, 1.807) is 19.1 Å². The average Bonchev–Trinajstić information content (AvgIpc) is 2.42. The van der Waals surface area contributed by atoms with Gasteiger partial charge in [-0.15, -0.1) is 0 Å². The molecule has 0 aliphatic carbocycles. The molecule has 1 heterocycles. The molecule has 1 aliphatic rings. The molecule has 1 atom stereocenters. The molecular weight excluding hydrogens is 257 g/mol. The summed E-state index contributed by atoms with van der Waals surface area (Å²) in [4.78, 5) is 4.42. The minimum atomic E-state index is -0.310. The SMILES string of the molecule is C[C@H](O)CN1CCN(Cc2ccc(C#N)cc2F)CC1. The molecule has 1 N–H and O–H groups in total. The Morgan fingerprint density at radius 3 is 2.50 bits per heavy atom. The van der Waals surface area contributed by atoms with Crippen molar-refractivity contribution >= 4 is 0 Å². The largest absolute Gasteiger partial charge is 0.392 e. The van der Waals surface area contributed by atoms with Crippen LogP contribution in [0.25, 0.3) is 0 Å². The number of β-amino-alcohol motifs (C(OH)–C–C–N with tert-alkyl or cyclic N) is 1. The van der Waals surface area contributed by atoms with Gasteiger partial charge < -0.3 is 5.11 Å². The van der Waals surface area contributed by atoms with Gasteiger partial charge >= 0.3 is 0 Å². The highest BCUT2D eigenvalue weighted by molar-refractivity contribution is 5.32. The number of benzene rings is 1. The van der Waals surface area contributed by atoms with Crippen molar-refractivity contribution in [2.24, 2.45) is 0 Å². The molecule has 20 heavy (non-hydrogen) atoms. The number of aliphatic hydroxyl groups is 1. The number of piperazine rings is 1. The van der Waals surface area contributed by atoms with Crippen molar-refractivity contribution in [1.29, 1.82) is 5.26 Å². The molecule has 108 valence electrons. The minimum absolute atomic E-state index is 0.308. The van der Waals surface area contributed by atoms with Crippen LogP contribution in [0.4, 0.5) is 4.39 Å². The summed E-state index contributed by atoms with van der Waals surface area (Å²) >= 11 is 0. The zero-order valence-electron chi connectivity index (χ0n) is 11.7. The third kappa shape index (κ3) is 4.01. The summed E-state index contributed by atoms with van der Waals surface area (Å²) in [5.74, 6) is -0.310. The summed E-state index contributed by atoms with van der Waals surface area (Å²) in [6, 6.07) is 6.57. The second kappa shape index (κ2) is 6.80. The maximum Gasteiger partial charge on any atom is 0.129 e. The Hall–Kier alpha value is -1.48. The molecular formula is C15H20FN3O. The van der Waals surface area contributed by atoms with Crippen molar-refractivity contribution in [3.05, 3.63) is 35.1 Å². The van der Waals surface area contributed by atoms with E-state index < -0.39 is 0 Å². The van der Waals surface area contributed by atoms with E-state index in [1.807, 2.05) is 6.07 Å². The fraction of sp³-hybridized carbons (Fsp3) is 0.533. The van der Waals surface area contributed by atoms with Crippen LogP contribution in [0.5, 0.6) is 0 Å². The lowest BCUT2D eigenvalue weighted by molar-refractivity contribution is 0.0777.